The number of rotatable bonds is 8. The van der Waals surface area contributed by atoms with Crippen molar-refractivity contribution < 1.29 is 51.7 Å². The molecule has 120 valence electrons. The van der Waals surface area contributed by atoms with Gasteiger partial charge in [0.1, 0.15) is 24.4 Å². The molecule has 10 N–H and O–H groups in total. The third kappa shape index (κ3) is 8.74. The van der Waals surface area contributed by atoms with Gasteiger partial charge in [0.05, 0.1) is 25.0 Å². The SMILES string of the molecule is O=C([O-])C(O)C(O)C(O)C(O)C(=O)[O-].[NH3+]CCCC[NH3+]. The van der Waals surface area contributed by atoms with Crippen molar-refractivity contribution in [3.8, 4) is 0 Å². The monoisotopic (exact) mass is 298 g/mol. The molecule has 0 aliphatic carbocycles. The topological polar surface area (TPSA) is 216 Å². The lowest BCUT2D eigenvalue weighted by Crippen LogP contribution is -2.55. The second kappa shape index (κ2) is 11.5. The quantitative estimate of drug-likeness (QED) is 0.236. The van der Waals surface area contributed by atoms with Crippen molar-refractivity contribution in [1.82, 2.24) is 0 Å². The van der Waals surface area contributed by atoms with Crippen molar-refractivity contribution in [3.63, 3.8) is 0 Å². The molecule has 0 spiro atoms. The van der Waals surface area contributed by atoms with Gasteiger partial charge in [-0.15, -0.1) is 0 Å². The van der Waals surface area contributed by atoms with Crippen LogP contribution in [-0.4, -0.2) is 69.9 Å². The zero-order valence-electron chi connectivity index (χ0n) is 11.0. The fourth-order valence-electron chi connectivity index (χ4n) is 1.01. The van der Waals surface area contributed by atoms with Crippen molar-refractivity contribution in [3.05, 3.63) is 0 Å². The summed E-state index contributed by atoms with van der Waals surface area (Å²) in [6.45, 7) is 2.13. The van der Waals surface area contributed by atoms with E-state index in [4.69, 9.17) is 20.4 Å². The van der Waals surface area contributed by atoms with Crippen molar-refractivity contribution in [2.75, 3.05) is 13.1 Å². The molecule has 0 aromatic rings. The summed E-state index contributed by atoms with van der Waals surface area (Å²) >= 11 is 0. The van der Waals surface area contributed by atoms with Gasteiger partial charge in [-0.3, -0.25) is 0 Å². The third-order valence-electron chi connectivity index (χ3n) is 2.23. The lowest BCUT2D eigenvalue weighted by molar-refractivity contribution is -0.384. The Balaban J connectivity index is 0. The Bertz CT molecular complexity index is 260. The molecule has 0 bridgehead atoms. The summed E-state index contributed by atoms with van der Waals surface area (Å²) < 4.78 is 0. The highest BCUT2D eigenvalue weighted by Gasteiger charge is 2.31. The average molecular weight is 298 g/mol. The largest absolute Gasteiger partial charge is 0.547 e. The van der Waals surface area contributed by atoms with Crippen LogP contribution in [0, 0.1) is 0 Å². The van der Waals surface area contributed by atoms with Crippen molar-refractivity contribution in [2.45, 2.75) is 37.3 Å². The van der Waals surface area contributed by atoms with Crippen LogP contribution in [0.1, 0.15) is 12.8 Å². The fourth-order valence-corrected chi connectivity index (χ4v) is 1.01. The smallest absolute Gasteiger partial charge is 0.122 e. The van der Waals surface area contributed by atoms with Gasteiger partial charge < -0.3 is 51.7 Å². The predicted molar refractivity (Wildman–Crippen MR) is 58.8 cm³/mol. The molecule has 4 unspecified atom stereocenters. The Morgan fingerprint density at radius 2 is 1.05 bits per heavy atom. The number of unbranched alkanes of at least 4 members (excludes halogenated alkanes) is 1. The molecule has 0 aromatic heterocycles. The number of hydrogen-bond donors (Lipinski definition) is 6. The molecule has 0 rings (SSSR count). The molecular weight excluding hydrogens is 276 g/mol. The molecule has 0 radical (unpaired) electrons. The summed E-state index contributed by atoms with van der Waals surface area (Å²) in [5, 5.41) is 54.7. The van der Waals surface area contributed by atoms with E-state index < -0.39 is 36.4 Å². The van der Waals surface area contributed by atoms with Crippen LogP contribution in [0.4, 0.5) is 0 Å². The predicted octanol–water partition coefficient (Wildman–Crippen LogP) is -7.82. The Labute approximate surface area is 115 Å². The maximum atomic E-state index is 9.96. The van der Waals surface area contributed by atoms with Crippen LogP contribution in [0.2, 0.25) is 0 Å². The van der Waals surface area contributed by atoms with Gasteiger partial charge in [-0.05, 0) is 0 Å². The molecule has 0 amide bonds. The number of carbonyl (C=O) groups is 2. The van der Waals surface area contributed by atoms with Gasteiger partial charge in [-0.1, -0.05) is 0 Å². The number of carboxylic acids is 2. The number of aliphatic hydroxyl groups is 4. The highest BCUT2D eigenvalue weighted by molar-refractivity contribution is 5.72. The molecule has 0 aliphatic rings. The first-order chi connectivity index (χ1) is 9.20. The lowest BCUT2D eigenvalue weighted by atomic mass is 10.0. The Morgan fingerprint density at radius 1 is 0.800 bits per heavy atom. The molecule has 0 saturated carbocycles. The van der Waals surface area contributed by atoms with E-state index in [0.717, 1.165) is 13.1 Å². The minimum atomic E-state index is -2.50. The highest BCUT2D eigenvalue weighted by Crippen LogP contribution is 2.04. The van der Waals surface area contributed by atoms with Crippen LogP contribution >= 0.6 is 0 Å². The standard InChI is InChI=1S/C6H10O8.C4H12N2/c7-1(3(9)5(11)12)2(8)4(10)6(13)14;5-3-1-2-4-6/h1-4,7-10H,(H,11,12)(H,13,14);1-6H2. The summed E-state index contributed by atoms with van der Waals surface area (Å²) in [7, 11) is 0. The maximum absolute atomic E-state index is 9.96. The Hall–Kier alpha value is -1.30. The molecule has 0 aliphatic heterocycles. The van der Waals surface area contributed by atoms with Gasteiger partial charge >= 0.3 is 0 Å². The van der Waals surface area contributed by atoms with E-state index in [-0.39, 0.29) is 0 Å². The third-order valence-corrected chi connectivity index (χ3v) is 2.23. The molecule has 0 fully saturated rings. The van der Waals surface area contributed by atoms with Crippen molar-refractivity contribution >= 4 is 11.9 Å². The molecule has 4 atom stereocenters. The summed E-state index contributed by atoms with van der Waals surface area (Å²) in [5.74, 6) is -4.22. The van der Waals surface area contributed by atoms with E-state index in [0.29, 0.717) is 0 Å². The van der Waals surface area contributed by atoms with Gasteiger partial charge in [0.2, 0.25) is 0 Å². The second-order valence-corrected chi connectivity index (χ2v) is 3.92. The van der Waals surface area contributed by atoms with Gasteiger partial charge in [-0.2, -0.15) is 0 Å². The summed E-state index contributed by atoms with van der Waals surface area (Å²) in [6.07, 6.45) is -7.29. The molecule has 10 nitrogen and oxygen atoms in total. The minimum absolute atomic E-state index is 1.06. The number of aliphatic hydroxyl groups excluding tert-OH is 4. The van der Waals surface area contributed by atoms with E-state index in [1.807, 2.05) is 0 Å². The van der Waals surface area contributed by atoms with Gasteiger partial charge in [0.15, 0.2) is 0 Å². The molecule has 10 heteroatoms. The van der Waals surface area contributed by atoms with E-state index >= 15 is 0 Å². The Kier molecular flexibility index (Phi) is 12.1. The fraction of sp³-hybridized carbons (Fsp3) is 0.800. The van der Waals surface area contributed by atoms with Gasteiger partial charge in [0.25, 0.3) is 0 Å². The second-order valence-electron chi connectivity index (χ2n) is 3.92. The van der Waals surface area contributed by atoms with Gasteiger partial charge in [0, 0.05) is 12.8 Å². The summed E-state index contributed by atoms with van der Waals surface area (Å²) in [5.41, 5.74) is 7.39. The number of quaternary nitrogens is 2. The van der Waals surface area contributed by atoms with E-state index in [2.05, 4.69) is 11.5 Å². The van der Waals surface area contributed by atoms with Crippen LogP contribution in [0.25, 0.3) is 0 Å². The van der Waals surface area contributed by atoms with Crippen molar-refractivity contribution in [1.29, 1.82) is 0 Å². The first-order valence-electron chi connectivity index (χ1n) is 5.93. The van der Waals surface area contributed by atoms with Gasteiger partial charge in [-0.25, -0.2) is 0 Å². The molecule has 0 heterocycles. The normalized spacial score (nSPS) is 16.3. The van der Waals surface area contributed by atoms with Crippen LogP contribution in [-0.2, 0) is 9.59 Å². The Morgan fingerprint density at radius 3 is 1.20 bits per heavy atom. The van der Waals surface area contributed by atoms with Crippen LogP contribution in [0.3, 0.4) is 0 Å². The molecule has 0 aromatic carbocycles. The lowest BCUT2D eigenvalue weighted by Gasteiger charge is -2.27. The van der Waals surface area contributed by atoms with Crippen molar-refractivity contribution in [2.24, 2.45) is 0 Å². The first-order valence-corrected chi connectivity index (χ1v) is 5.93. The van der Waals surface area contributed by atoms with E-state index in [1.54, 1.807) is 0 Å². The van der Waals surface area contributed by atoms with Crippen LogP contribution in [0.5, 0.6) is 0 Å². The summed E-state index contributed by atoms with van der Waals surface area (Å²) in [6, 6.07) is 0. The first kappa shape index (κ1) is 21.0. The highest BCUT2D eigenvalue weighted by atomic mass is 16.4. The molecular formula is C10H22N2O8. The number of carboxylic acid groups (broad SMARTS) is 2. The van der Waals surface area contributed by atoms with Crippen LogP contribution < -0.4 is 21.7 Å². The van der Waals surface area contributed by atoms with Crippen LogP contribution in [0.15, 0.2) is 0 Å². The number of hydrogen-bond acceptors (Lipinski definition) is 8. The number of aliphatic carboxylic acids is 2. The molecule has 20 heavy (non-hydrogen) atoms. The number of carbonyl (C=O) groups excluding carboxylic acids is 2. The zero-order chi connectivity index (χ0) is 16.3. The zero-order valence-corrected chi connectivity index (χ0v) is 11.0. The van der Waals surface area contributed by atoms with E-state index in [1.165, 1.54) is 12.8 Å². The van der Waals surface area contributed by atoms with E-state index in [9.17, 15) is 19.8 Å². The maximum Gasteiger partial charge on any atom is 0.122 e. The molecule has 0 saturated heterocycles. The average Bonchev–Trinajstić information content (AvgIpc) is 2.42. The minimum Gasteiger partial charge on any atom is -0.547 e. The summed E-state index contributed by atoms with van der Waals surface area (Å²) in [4.78, 5) is 19.9.